The van der Waals surface area contributed by atoms with Crippen molar-refractivity contribution in [3.63, 3.8) is 0 Å². The molecule has 0 radical (unpaired) electrons. The molecule has 5 heteroatoms. The van der Waals surface area contributed by atoms with Crippen LogP contribution in [0.1, 0.15) is 38.7 Å². The van der Waals surface area contributed by atoms with E-state index in [9.17, 15) is 9.59 Å². The molecule has 0 unspecified atom stereocenters. The zero-order valence-electron chi connectivity index (χ0n) is 15.4. The lowest BCUT2D eigenvalue weighted by atomic mass is 9.99. The quantitative estimate of drug-likeness (QED) is 0.723. The maximum absolute atomic E-state index is 11.9. The number of rotatable bonds is 8. The number of carbonyl (C=O) groups is 2. The van der Waals surface area contributed by atoms with Gasteiger partial charge in [0.05, 0.1) is 0 Å². The zero-order valence-corrected chi connectivity index (χ0v) is 15.4. The maximum Gasteiger partial charge on any atom is 0.347 e. The number of carbonyl (C=O) groups excluding carboxylic acids is 2. The summed E-state index contributed by atoms with van der Waals surface area (Å²) in [5, 5.41) is 2.71. The van der Waals surface area contributed by atoms with E-state index in [4.69, 9.17) is 9.47 Å². The van der Waals surface area contributed by atoms with Gasteiger partial charge in [0.1, 0.15) is 5.75 Å². The molecule has 1 amide bonds. The highest BCUT2D eigenvalue weighted by Gasteiger charge is 2.17. The molecule has 2 rings (SSSR count). The van der Waals surface area contributed by atoms with E-state index in [0.29, 0.717) is 17.4 Å². The lowest BCUT2D eigenvalue weighted by molar-refractivity contribution is -0.153. The van der Waals surface area contributed by atoms with E-state index in [1.165, 1.54) is 5.56 Å². The number of benzene rings is 2. The summed E-state index contributed by atoms with van der Waals surface area (Å²) in [5.74, 6) is 0.0762. The Morgan fingerprint density at radius 2 is 1.65 bits per heavy atom. The molecule has 0 aliphatic heterocycles. The number of ether oxygens (including phenoxy) is 2. The van der Waals surface area contributed by atoms with Crippen LogP contribution < -0.4 is 10.1 Å². The van der Waals surface area contributed by atoms with Crippen LogP contribution in [0.5, 0.6) is 5.75 Å². The minimum Gasteiger partial charge on any atom is -0.479 e. The van der Waals surface area contributed by atoms with Crippen LogP contribution in [0.15, 0.2) is 54.6 Å². The summed E-state index contributed by atoms with van der Waals surface area (Å²) in [6.45, 7) is 5.53. The first-order valence-electron chi connectivity index (χ1n) is 8.77. The number of amides is 1. The first kappa shape index (κ1) is 19.5. The lowest BCUT2D eigenvalue weighted by Gasteiger charge is -2.14. The number of hydrogen-bond acceptors (Lipinski definition) is 4. The third kappa shape index (κ3) is 5.92. The molecule has 138 valence electrons. The van der Waals surface area contributed by atoms with Crippen LogP contribution in [0.4, 0.5) is 5.69 Å². The fraction of sp³-hybridized carbons (Fsp3) is 0.333. The van der Waals surface area contributed by atoms with Crippen molar-refractivity contribution in [2.45, 2.75) is 39.2 Å². The highest BCUT2D eigenvalue weighted by atomic mass is 16.6. The molecule has 0 saturated carbocycles. The van der Waals surface area contributed by atoms with E-state index in [1.54, 1.807) is 19.1 Å². The van der Waals surface area contributed by atoms with Gasteiger partial charge in [-0.15, -0.1) is 0 Å². The van der Waals surface area contributed by atoms with Crippen LogP contribution in [-0.4, -0.2) is 24.6 Å². The Labute approximate surface area is 154 Å². The molecule has 0 heterocycles. The topological polar surface area (TPSA) is 64.6 Å². The average molecular weight is 355 g/mol. The molecule has 0 spiro atoms. The third-order valence-electron chi connectivity index (χ3n) is 4.11. The fourth-order valence-electron chi connectivity index (χ4n) is 2.33. The smallest absolute Gasteiger partial charge is 0.347 e. The number of nitrogens with one attached hydrogen (secondary N) is 1. The number of anilines is 1. The number of para-hydroxylation sites is 1. The Kier molecular flexibility index (Phi) is 7.21. The first-order chi connectivity index (χ1) is 12.5. The van der Waals surface area contributed by atoms with Crippen molar-refractivity contribution < 1.29 is 19.1 Å². The van der Waals surface area contributed by atoms with Crippen LogP contribution in [-0.2, 0) is 14.3 Å². The summed E-state index contributed by atoms with van der Waals surface area (Å²) < 4.78 is 10.5. The van der Waals surface area contributed by atoms with Gasteiger partial charge in [-0.1, -0.05) is 44.2 Å². The van der Waals surface area contributed by atoms with Crippen molar-refractivity contribution in [2.75, 3.05) is 11.9 Å². The molecule has 2 atom stereocenters. The SMILES string of the molecule is CC[C@@H](C)c1ccc(NC(=O)COC(=O)[C@H](C)Oc2ccccc2)cc1. The highest BCUT2D eigenvalue weighted by Crippen LogP contribution is 2.20. The van der Waals surface area contributed by atoms with E-state index in [-0.39, 0.29) is 12.5 Å². The summed E-state index contributed by atoms with van der Waals surface area (Å²) in [6, 6.07) is 16.7. The van der Waals surface area contributed by atoms with Crippen LogP contribution in [0, 0.1) is 0 Å². The van der Waals surface area contributed by atoms with E-state index in [0.717, 1.165) is 6.42 Å². The Balaban J connectivity index is 1.78. The van der Waals surface area contributed by atoms with E-state index in [2.05, 4.69) is 19.2 Å². The largest absolute Gasteiger partial charge is 0.479 e. The second-order valence-electron chi connectivity index (χ2n) is 6.16. The predicted octanol–water partition coefficient (Wildman–Crippen LogP) is 4.15. The third-order valence-corrected chi connectivity index (χ3v) is 4.11. The minimum absolute atomic E-state index is 0.353. The number of hydrogen-bond donors (Lipinski definition) is 1. The summed E-state index contributed by atoms with van der Waals surface area (Å²) in [5.41, 5.74) is 1.90. The molecule has 0 aliphatic carbocycles. The molecule has 1 N–H and O–H groups in total. The molecular formula is C21H25NO4. The molecule has 26 heavy (non-hydrogen) atoms. The molecule has 0 saturated heterocycles. The molecule has 0 bridgehead atoms. The summed E-state index contributed by atoms with van der Waals surface area (Å²) in [6.07, 6.45) is 0.269. The van der Waals surface area contributed by atoms with E-state index < -0.39 is 12.1 Å². The van der Waals surface area contributed by atoms with Gasteiger partial charge < -0.3 is 14.8 Å². The standard InChI is InChI=1S/C21H25NO4/c1-4-15(2)17-10-12-18(13-11-17)22-20(23)14-25-21(24)16(3)26-19-8-6-5-7-9-19/h5-13,15-16H,4,14H2,1-3H3,(H,22,23)/t15-,16+/m1/s1. The molecule has 0 fully saturated rings. The Morgan fingerprint density at radius 3 is 2.27 bits per heavy atom. The van der Waals surface area contributed by atoms with Crippen LogP contribution in [0.2, 0.25) is 0 Å². The second-order valence-corrected chi connectivity index (χ2v) is 6.16. The number of esters is 1. The average Bonchev–Trinajstić information content (AvgIpc) is 2.66. The van der Waals surface area contributed by atoms with Crippen molar-refractivity contribution in [3.8, 4) is 5.75 Å². The summed E-state index contributed by atoms with van der Waals surface area (Å²) >= 11 is 0. The monoisotopic (exact) mass is 355 g/mol. The summed E-state index contributed by atoms with van der Waals surface area (Å²) in [7, 11) is 0. The molecule has 5 nitrogen and oxygen atoms in total. The van der Waals surface area contributed by atoms with Crippen molar-refractivity contribution in [1.82, 2.24) is 0 Å². The Hall–Kier alpha value is -2.82. The normalized spacial score (nSPS) is 12.7. The lowest BCUT2D eigenvalue weighted by Crippen LogP contribution is -2.29. The van der Waals surface area contributed by atoms with Crippen LogP contribution >= 0.6 is 0 Å². The van der Waals surface area contributed by atoms with Crippen LogP contribution in [0.3, 0.4) is 0 Å². The molecule has 2 aromatic rings. The van der Waals surface area contributed by atoms with Gasteiger partial charge in [0.2, 0.25) is 0 Å². The maximum atomic E-state index is 11.9. The van der Waals surface area contributed by atoms with E-state index in [1.807, 2.05) is 42.5 Å². The molecule has 2 aromatic carbocycles. The molecular weight excluding hydrogens is 330 g/mol. The van der Waals surface area contributed by atoms with Crippen molar-refractivity contribution >= 4 is 17.6 Å². The van der Waals surface area contributed by atoms with Gasteiger partial charge in [0.25, 0.3) is 5.91 Å². The Bertz CT molecular complexity index is 713. The fourth-order valence-corrected chi connectivity index (χ4v) is 2.33. The van der Waals surface area contributed by atoms with Gasteiger partial charge in [-0.2, -0.15) is 0 Å². The van der Waals surface area contributed by atoms with Gasteiger partial charge in [0.15, 0.2) is 12.7 Å². The van der Waals surface area contributed by atoms with Gasteiger partial charge in [0, 0.05) is 5.69 Å². The summed E-state index contributed by atoms with van der Waals surface area (Å²) in [4.78, 5) is 23.9. The van der Waals surface area contributed by atoms with Crippen molar-refractivity contribution in [3.05, 3.63) is 60.2 Å². The van der Waals surface area contributed by atoms with Gasteiger partial charge in [-0.05, 0) is 49.1 Å². The second kappa shape index (κ2) is 9.61. The van der Waals surface area contributed by atoms with Crippen molar-refractivity contribution in [2.24, 2.45) is 0 Å². The minimum atomic E-state index is -0.792. The predicted molar refractivity (Wildman–Crippen MR) is 101 cm³/mol. The molecule has 0 aromatic heterocycles. The van der Waals surface area contributed by atoms with Gasteiger partial charge in [-0.25, -0.2) is 4.79 Å². The van der Waals surface area contributed by atoms with Crippen LogP contribution in [0.25, 0.3) is 0 Å². The van der Waals surface area contributed by atoms with Gasteiger partial charge >= 0.3 is 5.97 Å². The molecule has 0 aliphatic rings. The van der Waals surface area contributed by atoms with Gasteiger partial charge in [-0.3, -0.25) is 4.79 Å². The van der Waals surface area contributed by atoms with E-state index >= 15 is 0 Å². The first-order valence-corrected chi connectivity index (χ1v) is 8.77. The Morgan fingerprint density at radius 1 is 1.00 bits per heavy atom. The highest BCUT2D eigenvalue weighted by molar-refractivity contribution is 5.93. The zero-order chi connectivity index (χ0) is 18.9. The van der Waals surface area contributed by atoms with Crippen molar-refractivity contribution in [1.29, 1.82) is 0 Å².